The van der Waals surface area contributed by atoms with Gasteiger partial charge < -0.3 is 4.90 Å². The van der Waals surface area contributed by atoms with E-state index in [1.807, 2.05) is 36.4 Å². The third-order valence-corrected chi connectivity index (χ3v) is 10.9. The van der Waals surface area contributed by atoms with Gasteiger partial charge in [-0.25, -0.2) is 4.39 Å². The summed E-state index contributed by atoms with van der Waals surface area (Å²) in [6.45, 7) is 21.5. The maximum atomic E-state index is 16.4. The first-order chi connectivity index (χ1) is 19.2. The lowest BCUT2D eigenvalue weighted by Gasteiger charge is -2.44. The largest absolute Gasteiger partial charge is 0.310 e. The highest BCUT2D eigenvalue weighted by atomic mass is 79.9. The average molecular weight is 674 g/mol. The number of halogens is 3. The molecule has 0 unspecified atom stereocenters. The lowest BCUT2D eigenvalue weighted by molar-refractivity contribution is 0.123. The lowest BCUT2D eigenvalue weighted by Crippen LogP contribution is -2.42. The van der Waals surface area contributed by atoms with Crippen molar-refractivity contribution in [3.05, 3.63) is 123 Å². The summed E-state index contributed by atoms with van der Waals surface area (Å²) < 4.78 is 18.4. The van der Waals surface area contributed by atoms with Gasteiger partial charge in [0.1, 0.15) is 5.82 Å². The molecule has 0 aromatic heterocycles. The second kappa shape index (κ2) is 10.4. The zero-order valence-electron chi connectivity index (χ0n) is 24.6. The van der Waals surface area contributed by atoms with Crippen molar-refractivity contribution >= 4 is 61.1 Å². The van der Waals surface area contributed by atoms with Gasteiger partial charge in [-0.15, -0.1) is 0 Å². The Labute approximate surface area is 261 Å². The summed E-state index contributed by atoms with van der Waals surface area (Å²) in [5.74, 6) is -0.154. The molecule has 4 heteroatoms. The molecule has 1 nitrogen and oxygen atoms in total. The van der Waals surface area contributed by atoms with Crippen LogP contribution in [0.1, 0.15) is 63.8 Å². The minimum Gasteiger partial charge on any atom is -0.310 e. The van der Waals surface area contributed by atoms with Crippen molar-refractivity contribution in [1.82, 2.24) is 0 Å². The SMILES string of the molecule is C=Cc1cc(-c2cc(F)c3c(c2)C(C)(C)C(C)(C)C3(C)C)c(N(c2ccc(Br)cc2)c2ccc(Br)cc2)cc1C=C. The fourth-order valence-electron chi connectivity index (χ4n) is 6.32. The van der Waals surface area contributed by atoms with Crippen molar-refractivity contribution in [2.24, 2.45) is 5.41 Å². The molecule has 5 rings (SSSR count). The average Bonchev–Trinajstić information content (AvgIpc) is 3.04. The van der Waals surface area contributed by atoms with Crippen molar-refractivity contribution < 1.29 is 4.39 Å². The third-order valence-electron chi connectivity index (χ3n) is 9.88. The molecule has 0 saturated carbocycles. The van der Waals surface area contributed by atoms with Crippen molar-refractivity contribution in [3.63, 3.8) is 0 Å². The molecule has 0 N–H and O–H groups in total. The monoisotopic (exact) mass is 671 g/mol. The smallest absolute Gasteiger partial charge is 0.127 e. The van der Waals surface area contributed by atoms with E-state index in [0.29, 0.717) is 0 Å². The van der Waals surface area contributed by atoms with Crippen LogP contribution >= 0.6 is 31.9 Å². The Morgan fingerprint density at radius 2 is 1.17 bits per heavy atom. The predicted octanol–water partition coefficient (Wildman–Crippen LogP) is 12.4. The van der Waals surface area contributed by atoms with Crippen molar-refractivity contribution in [2.75, 3.05) is 4.90 Å². The highest BCUT2D eigenvalue weighted by molar-refractivity contribution is 9.10. The Balaban J connectivity index is 1.85. The van der Waals surface area contributed by atoms with Crippen LogP contribution in [-0.4, -0.2) is 0 Å². The highest BCUT2D eigenvalue weighted by Crippen LogP contribution is 2.62. The van der Waals surface area contributed by atoms with E-state index in [0.717, 1.165) is 59.4 Å². The van der Waals surface area contributed by atoms with E-state index in [1.165, 1.54) is 0 Å². The van der Waals surface area contributed by atoms with Gasteiger partial charge in [0.05, 0.1) is 5.69 Å². The van der Waals surface area contributed by atoms with Crippen LogP contribution in [0.25, 0.3) is 23.3 Å². The van der Waals surface area contributed by atoms with E-state index in [-0.39, 0.29) is 22.1 Å². The second-order valence-corrected chi connectivity index (χ2v) is 14.3. The Morgan fingerprint density at radius 3 is 1.66 bits per heavy atom. The Morgan fingerprint density at radius 1 is 0.683 bits per heavy atom. The standard InChI is InChI=1S/C37H36Br2FN/c1-9-23-19-30(25-20-31-34(32(40)21-25)36(5,6)37(7,8)35(31,3)4)33(22-24(23)10-2)41(28-15-11-26(38)12-16-28)29-17-13-27(39)14-18-29/h9-22H,1-2H2,3-8H3. The summed E-state index contributed by atoms with van der Waals surface area (Å²) in [5, 5.41) is 0. The summed E-state index contributed by atoms with van der Waals surface area (Å²) in [6.07, 6.45) is 3.69. The molecule has 0 amide bonds. The molecular weight excluding hydrogens is 637 g/mol. The van der Waals surface area contributed by atoms with E-state index in [2.05, 4.69) is 134 Å². The number of nitrogens with zero attached hydrogens (tertiary/aromatic N) is 1. The van der Waals surface area contributed by atoms with Gasteiger partial charge in [0.25, 0.3) is 0 Å². The molecule has 1 aliphatic carbocycles. The Kier molecular flexibility index (Phi) is 7.49. The second-order valence-electron chi connectivity index (χ2n) is 12.5. The molecule has 41 heavy (non-hydrogen) atoms. The molecule has 4 aromatic carbocycles. The minimum atomic E-state index is -0.322. The van der Waals surface area contributed by atoms with Crippen LogP contribution in [0, 0.1) is 11.2 Å². The zero-order chi connectivity index (χ0) is 29.9. The molecule has 0 fully saturated rings. The molecule has 1 aliphatic rings. The van der Waals surface area contributed by atoms with Gasteiger partial charge >= 0.3 is 0 Å². The first-order valence-corrected chi connectivity index (χ1v) is 15.4. The van der Waals surface area contributed by atoms with Crippen LogP contribution in [0.5, 0.6) is 0 Å². The quantitative estimate of drug-likeness (QED) is 0.197. The third kappa shape index (κ3) is 4.64. The van der Waals surface area contributed by atoms with E-state index >= 15 is 4.39 Å². The van der Waals surface area contributed by atoms with E-state index in [4.69, 9.17) is 0 Å². The number of hydrogen-bond donors (Lipinski definition) is 0. The summed E-state index contributed by atoms with van der Waals surface area (Å²) in [7, 11) is 0. The van der Waals surface area contributed by atoms with Gasteiger partial charge in [-0.2, -0.15) is 0 Å². The number of benzene rings is 4. The van der Waals surface area contributed by atoms with Crippen LogP contribution in [0.2, 0.25) is 0 Å². The minimum absolute atomic E-state index is 0.148. The number of fused-ring (bicyclic) bond motifs is 1. The first kappa shape index (κ1) is 29.5. The molecule has 4 aromatic rings. The zero-order valence-corrected chi connectivity index (χ0v) is 27.8. The molecule has 0 spiro atoms. The Bertz CT molecular complexity index is 1620. The fraction of sp³-hybridized carbons (Fsp3) is 0.243. The normalized spacial score (nSPS) is 16.2. The number of hydrogen-bond acceptors (Lipinski definition) is 1. The number of rotatable bonds is 6. The van der Waals surface area contributed by atoms with Gasteiger partial charge in [0, 0.05) is 25.9 Å². The van der Waals surface area contributed by atoms with Crippen LogP contribution in [0.3, 0.4) is 0 Å². The lowest BCUT2D eigenvalue weighted by atomic mass is 9.59. The maximum Gasteiger partial charge on any atom is 0.127 e. The van der Waals surface area contributed by atoms with Gasteiger partial charge in [0.2, 0.25) is 0 Å². The van der Waals surface area contributed by atoms with Crippen LogP contribution in [-0.2, 0) is 10.8 Å². The van der Waals surface area contributed by atoms with Gasteiger partial charge in [-0.3, -0.25) is 0 Å². The molecule has 0 bridgehead atoms. The van der Waals surface area contributed by atoms with Crippen LogP contribution in [0.15, 0.2) is 94.9 Å². The van der Waals surface area contributed by atoms with Gasteiger partial charge in [-0.05, 0) is 111 Å². The summed E-state index contributed by atoms with van der Waals surface area (Å²) in [4.78, 5) is 2.22. The van der Waals surface area contributed by atoms with Crippen molar-refractivity contribution in [3.8, 4) is 11.1 Å². The molecule has 0 heterocycles. The van der Waals surface area contributed by atoms with Crippen LogP contribution < -0.4 is 4.90 Å². The molecule has 0 radical (unpaired) electrons. The summed E-state index contributed by atoms with van der Waals surface area (Å²) in [5.41, 5.74) is 7.78. The van der Waals surface area contributed by atoms with Crippen LogP contribution in [0.4, 0.5) is 21.5 Å². The maximum absolute atomic E-state index is 16.4. The number of anilines is 3. The fourth-order valence-corrected chi connectivity index (χ4v) is 6.85. The molecule has 0 saturated heterocycles. The van der Waals surface area contributed by atoms with E-state index < -0.39 is 0 Å². The molecule has 210 valence electrons. The van der Waals surface area contributed by atoms with E-state index in [1.54, 1.807) is 6.07 Å². The summed E-state index contributed by atoms with van der Waals surface area (Å²) in [6, 6.07) is 24.7. The predicted molar refractivity (Wildman–Crippen MR) is 182 cm³/mol. The van der Waals surface area contributed by atoms with Crippen molar-refractivity contribution in [2.45, 2.75) is 52.4 Å². The topological polar surface area (TPSA) is 3.24 Å². The molecular formula is C37H36Br2FN. The Hall–Kier alpha value is -2.95. The summed E-state index contributed by atoms with van der Waals surface area (Å²) >= 11 is 7.17. The highest BCUT2D eigenvalue weighted by Gasteiger charge is 2.58. The van der Waals surface area contributed by atoms with Gasteiger partial charge in [-0.1, -0.05) is 105 Å². The van der Waals surface area contributed by atoms with Gasteiger partial charge in [0.15, 0.2) is 0 Å². The van der Waals surface area contributed by atoms with E-state index in [9.17, 15) is 0 Å². The van der Waals surface area contributed by atoms with Crippen molar-refractivity contribution in [1.29, 1.82) is 0 Å². The first-order valence-electron chi connectivity index (χ1n) is 13.8. The molecule has 0 aliphatic heterocycles. The molecule has 0 atom stereocenters.